The highest BCUT2D eigenvalue weighted by molar-refractivity contribution is 7.13. The lowest BCUT2D eigenvalue weighted by Gasteiger charge is -2.28. The Balaban J connectivity index is 1.85. The standard InChI is InChI=1S/C14H24N4OS/c1-3-18(8-12-4-6-15-7-5-12)9-13-10-20-14(17-13)16-11(2)19/h10,12,15H,3-9H2,1-2H3,(H,16,17,19). The first-order valence-electron chi connectivity index (χ1n) is 7.32. The lowest BCUT2D eigenvalue weighted by Crippen LogP contribution is -2.36. The van der Waals surface area contributed by atoms with Crippen LogP contribution in [0.4, 0.5) is 5.13 Å². The van der Waals surface area contributed by atoms with Gasteiger partial charge < -0.3 is 10.6 Å². The zero-order chi connectivity index (χ0) is 14.4. The Morgan fingerprint density at radius 1 is 1.55 bits per heavy atom. The molecule has 20 heavy (non-hydrogen) atoms. The van der Waals surface area contributed by atoms with E-state index >= 15 is 0 Å². The Bertz CT molecular complexity index is 429. The van der Waals surface area contributed by atoms with Crippen LogP contribution in [0.5, 0.6) is 0 Å². The van der Waals surface area contributed by atoms with Crippen LogP contribution in [0.3, 0.4) is 0 Å². The van der Waals surface area contributed by atoms with E-state index in [0.717, 1.165) is 44.3 Å². The van der Waals surface area contributed by atoms with Gasteiger partial charge in [0.25, 0.3) is 0 Å². The zero-order valence-electron chi connectivity index (χ0n) is 12.3. The molecule has 2 N–H and O–H groups in total. The fraction of sp³-hybridized carbons (Fsp3) is 0.714. The topological polar surface area (TPSA) is 57.3 Å². The van der Waals surface area contributed by atoms with Gasteiger partial charge in [-0.3, -0.25) is 9.69 Å². The van der Waals surface area contributed by atoms with Crippen molar-refractivity contribution in [1.82, 2.24) is 15.2 Å². The minimum absolute atomic E-state index is 0.0621. The van der Waals surface area contributed by atoms with E-state index in [1.54, 1.807) is 0 Å². The highest BCUT2D eigenvalue weighted by Gasteiger charge is 2.17. The molecule has 0 spiro atoms. The number of amides is 1. The van der Waals surface area contributed by atoms with Crippen LogP contribution >= 0.6 is 11.3 Å². The van der Waals surface area contributed by atoms with Crippen molar-refractivity contribution in [3.63, 3.8) is 0 Å². The summed E-state index contributed by atoms with van der Waals surface area (Å²) in [5, 5.41) is 8.88. The number of rotatable bonds is 6. The number of thiazole rings is 1. The highest BCUT2D eigenvalue weighted by atomic mass is 32.1. The van der Waals surface area contributed by atoms with Crippen molar-refractivity contribution in [2.24, 2.45) is 5.92 Å². The first-order valence-corrected chi connectivity index (χ1v) is 8.20. The third-order valence-corrected chi connectivity index (χ3v) is 4.45. The molecule has 1 saturated heterocycles. The van der Waals surface area contributed by atoms with Crippen LogP contribution in [0, 0.1) is 5.92 Å². The van der Waals surface area contributed by atoms with Crippen molar-refractivity contribution < 1.29 is 4.79 Å². The van der Waals surface area contributed by atoms with E-state index in [4.69, 9.17) is 0 Å². The maximum atomic E-state index is 11.0. The fourth-order valence-corrected chi connectivity index (χ4v) is 3.30. The molecule has 1 aromatic rings. The van der Waals surface area contributed by atoms with E-state index in [-0.39, 0.29) is 5.91 Å². The van der Waals surface area contributed by atoms with E-state index in [1.165, 1.54) is 31.1 Å². The first kappa shape index (κ1) is 15.4. The van der Waals surface area contributed by atoms with Gasteiger partial charge in [0.15, 0.2) is 5.13 Å². The molecule has 112 valence electrons. The van der Waals surface area contributed by atoms with Crippen molar-refractivity contribution in [1.29, 1.82) is 0 Å². The lowest BCUT2D eigenvalue weighted by molar-refractivity contribution is -0.114. The van der Waals surface area contributed by atoms with Crippen molar-refractivity contribution in [3.8, 4) is 0 Å². The summed E-state index contributed by atoms with van der Waals surface area (Å²) >= 11 is 1.50. The molecule has 5 nitrogen and oxygen atoms in total. The first-order chi connectivity index (χ1) is 9.67. The molecule has 6 heteroatoms. The van der Waals surface area contributed by atoms with Crippen LogP contribution in [0.2, 0.25) is 0 Å². The van der Waals surface area contributed by atoms with E-state index < -0.39 is 0 Å². The number of nitrogens with zero attached hydrogens (tertiary/aromatic N) is 2. The molecule has 0 aliphatic carbocycles. The maximum absolute atomic E-state index is 11.0. The molecule has 0 unspecified atom stereocenters. The summed E-state index contributed by atoms with van der Waals surface area (Å²) in [7, 11) is 0. The van der Waals surface area contributed by atoms with Gasteiger partial charge in [0.2, 0.25) is 5.91 Å². The molecule has 0 saturated carbocycles. The number of anilines is 1. The number of nitrogens with one attached hydrogen (secondary N) is 2. The van der Waals surface area contributed by atoms with Gasteiger partial charge in [-0.05, 0) is 38.4 Å². The molecule has 1 aliphatic rings. The van der Waals surface area contributed by atoms with Gasteiger partial charge in [0.05, 0.1) is 5.69 Å². The van der Waals surface area contributed by atoms with Crippen LogP contribution in [0.1, 0.15) is 32.4 Å². The monoisotopic (exact) mass is 296 g/mol. The molecule has 1 aliphatic heterocycles. The molecular weight excluding hydrogens is 272 g/mol. The summed E-state index contributed by atoms with van der Waals surface area (Å²) in [6.45, 7) is 9.05. The highest BCUT2D eigenvalue weighted by Crippen LogP contribution is 2.19. The number of hydrogen-bond acceptors (Lipinski definition) is 5. The summed E-state index contributed by atoms with van der Waals surface area (Å²) < 4.78 is 0. The SMILES string of the molecule is CCN(Cc1csc(NC(C)=O)n1)CC1CCNCC1. The van der Waals surface area contributed by atoms with Crippen LogP contribution in [0.15, 0.2) is 5.38 Å². The maximum Gasteiger partial charge on any atom is 0.223 e. The molecule has 0 bridgehead atoms. The summed E-state index contributed by atoms with van der Waals surface area (Å²) in [6, 6.07) is 0. The zero-order valence-corrected chi connectivity index (χ0v) is 13.1. The molecular formula is C14H24N4OS. The summed E-state index contributed by atoms with van der Waals surface area (Å²) in [5.74, 6) is 0.734. The second kappa shape index (κ2) is 7.71. The Hall–Kier alpha value is -0.980. The average molecular weight is 296 g/mol. The largest absolute Gasteiger partial charge is 0.317 e. The summed E-state index contributed by atoms with van der Waals surface area (Å²) in [5.41, 5.74) is 1.05. The number of piperidine rings is 1. The van der Waals surface area contributed by atoms with Gasteiger partial charge >= 0.3 is 0 Å². The van der Waals surface area contributed by atoms with Gasteiger partial charge in [-0.2, -0.15) is 0 Å². The van der Waals surface area contributed by atoms with Crippen molar-refractivity contribution >= 4 is 22.4 Å². The smallest absolute Gasteiger partial charge is 0.223 e. The molecule has 2 heterocycles. The van der Waals surface area contributed by atoms with Crippen LogP contribution in [-0.2, 0) is 11.3 Å². The van der Waals surface area contributed by atoms with Gasteiger partial charge in [-0.25, -0.2) is 4.98 Å². The fourth-order valence-electron chi connectivity index (χ4n) is 2.55. The van der Waals surface area contributed by atoms with Crippen molar-refractivity contribution in [2.45, 2.75) is 33.2 Å². The predicted octanol–water partition coefficient (Wildman–Crippen LogP) is 1.92. The van der Waals surface area contributed by atoms with Crippen LogP contribution in [-0.4, -0.2) is 42.0 Å². The molecule has 1 fully saturated rings. The Morgan fingerprint density at radius 2 is 2.30 bits per heavy atom. The Morgan fingerprint density at radius 3 is 2.95 bits per heavy atom. The minimum Gasteiger partial charge on any atom is -0.317 e. The van der Waals surface area contributed by atoms with Crippen LogP contribution in [0.25, 0.3) is 0 Å². The number of aromatic nitrogens is 1. The van der Waals surface area contributed by atoms with E-state index in [2.05, 4.69) is 27.4 Å². The normalized spacial score (nSPS) is 16.6. The van der Waals surface area contributed by atoms with Gasteiger partial charge in [0.1, 0.15) is 0 Å². The number of hydrogen-bond donors (Lipinski definition) is 2. The van der Waals surface area contributed by atoms with Gasteiger partial charge in [-0.1, -0.05) is 6.92 Å². The quantitative estimate of drug-likeness (QED) is 0.842. The van der Waals surface area contributed by atoms with E-state index in [9.17, 15) is 4.79 Å². The molecule has 1 amide bonds. The summed E-state index contributed by atoms with van der Waals surface area (Å²) in [6.07, 6.45) is 2.54. The predicted molar refractivity (Wildman–Crippen MR) is 83.0 cm³/mol. The lowest BCUT2D eigenvalue weighted by atomic mass is 9.97. The second-order valence-electron chi connectivity index (χ2n) is 5.35. The Kier molecular flexibility index (Phi) is 5.94. The van der Waals surface area contributed by atoms with Gasteiger partial charge in [0, 0.05) is 25.4 Å². The minimum atomic E-state index is -0.0621. The molecule has 2 rings (SSSR count). The third-order valence-electron chi connectivity index (χ3n) is 3.64. The molecule has 0 radical (unpaired) electrons. The van der Waals surface area contributed by atoms with Crippen molar-refractivity contribution in [3.05, 3.63) is 11.1 Å². The van der Waals surface area contributed by atoms with E-state index in [1.807, 2.05) is 5.38 Å². The number of carbonyl (C=O) groups excluding carboxylic acids is 1. The third kappa shape index (κ3) is 4.85. The number of carbonyl (C=O) groups is 1. The van der Waals surface area contributed by atoms with Gasteiger partial charge in [-0.15, -0.1) is 11.3 Å². The molecule has 1 aromatic heterocycles. The average Bonchev–Trinajstić information content (AvgIpc) is 2.85. The summed E-state index contributed by atoms with van der Waals surface area (Å²) in [4.78, 5) is 17.9. The molecule has 0 atom stereocenters. The Labute approximate surface area is 124 Å². The molecule has 0 aromatic carbocycles. The van der Waals surface area contributed by atoms with E-state index in [0.29, 0.717) is 5.13 Å². The second-order valence-corrected chi connectivity index (χ2v) is 6.20. The van der Waals surface area contributed by atoms with Crippen LogP contribution < -0.4 is 10.6 Å². The van der Waals surface area contributed by atoms with Crippen molar-refractivity contribution in [2.75, 3.05) is 31.5 Å².